The van der Waals surface area contributed by atoms with E-state index >= 15 is 0 Å². The molecule has 1 aromatic heterocycles. The highest BCUT2D eigenvalue weighted by Gasteiger charge is 2.36. The first kappa shape index (κ1) is 31.4. The van der Waals surface area contributed by atoms with Crippen molar-refractivity contribution in [2.45, 2.75) is 33.7 Å². The van der Waals surface area contributed by atoms with Gasteiger partial charge in [-0.15, -0.1) is 0 Å². The molecule has 2 aliphatic heterocycles. The molecule has 0 aliphatic carbocycles. The summed E-state index contributed by atoms with van der Waals surface area (Å²) in [6.07, 6.45) is 1.60. The van der Waals surface area contributed by atoms with Crippen molar-refractivity contribution < 1.29 is 33.3 Å². The number of para-hydroxylation sites is 1. The van der Waals surface area contributed by atoms with Crippen LogP contribution in [0.4, 0.5) is 5.69 Å². The second-order valence-electron chi connectivity index (χ2n) is 10.0. The third kappa shape index (κ3) is 6.16. The number of carbonyl (C=O) groups excluding carboxylic acids is 3. The number of carbonyl (C=O) groups is 3. The molecule has 0 saturated carbocycles. The minimum atomic E-state index is -0.925. The molecule has 2 aliphatic rings. The molecule has 3 heterocycles. The molecular weight excluding hydrogens is 600 g/mol. The zero-order valence-corrected chi connectivity index (χ0v) is 26.3. The molecule has 2 atom stereocenters. The topological polar surface area (TPSA) is 138 Å². The van der Waals surface area contributed by atoms with E-state index in [4.69, 9.17) is 14.2 Å². The Morgan fingerprint density at radius 3 is 2.44 bits per heavy atom. The van der Waals surface area contributed by atoms with Crippen molar-refractivity contribution in [1.29, 1.82) is 0 Å². The van der Waals surface area contributed by atoms with E-state index in [2.05, 4.69) is 14.8 Å². The Kier molecular flexibility index (Phi) is 9.28. The van der Waals surface area contributed by atoms with Gasteiger partial charge in [0.1, 0.15) is 5.92 Å². The van der Waals surface area contributed by atoms with Gasteiger partial charge in [0.25, 0.3) is 11.5 Å². The Balaban J connectivity index is 1.62. The van der Waals surface area contributed by atoms with Crippen LogP contribution in [0.15, 0.2) is 74.7 Å². The van der Waals surface area contributed by atoms with Crippen LogP contribution in [0, 0.1) is 5.92 Å². The van der Waals surface area contributed by atoms with E-state index in [1.165, 1.54) is 16.7 Å². The number of thiazole rings is 1. The second kappa shape index (κ2) is 13.3. The predicted molar refractivity (Wildman–Crippen MR) is 167 cm³/mol. The van der Waals surface area contributed by atoms with Gasteiger partial charge in [0.05, 0.1) is 53.6 Å². The molecule has 0 spiro atoms. The average Bonchev–Trinajstić information content (AvgIpc) is 3.50. The monoisotopic (exact) mass is 632 g/mol. The van der Waals surface area contributed by atoms with E-state index in [1.807, 2.05) is 18.2 Å². The number of amides is 1. The highest BCUT2D eigenvalue weighted by molar-refractivity contribution is 7.07. The summed E-state index contributed by atoms with van der Waals surface area (Å²) < 4.78 is 23.2. The Bertz CT molecular complexity index is 1890. The summed E-state index contributed by atoms with van der Waals surface area (Å²) in [6.45, 7) is 6.99. The fourth-order valence-electron chi connectivity index (χ4n) is 5.08. The van der Waals surface area contributed by atoms with Crippen LogP contribution in [0.2, 0.25) is 0 Å². The smallest absolute Gasteiger partial charge is 0.343 e. The minimum Gasteiger partial charge on any atom is -0.490 e. The van der Waals surface area contributed by atoms with E-state index in [0.717, 1.165) is 11.3 Å². The van der Waals surface area contributed by atoms with Gasteiger partial charge >= 0.3 is 11.9 Å². The van der Waals surface area contributed by atoms with Gasteiger partial charge in [-0.1, -0.05) is 35.6 Å². The van der Waals surface area contributed by atoms with Gasteiger partial charge < -0.3 is 18.9 Å². The molecule has 5 rings (SSSR count). The van der Waals surface area contributed by atoms with E-state index < -0.39 is 29.5 Å². The van der Waals surface area contributed by atoms with E-state index in [-0.39, 0.29) is 41.6 Å². The van der Waals surface area contributed by atoms with Crippen LogP contribution in [-0.4, -0.2) is 55.1 Å². The molecular formula is C32H32N4O8S. The number of fused-ring (bicyclic) bond motifs is 1. The average molecular weight is 633 g/mol. The standard InChI is InChI=1S/C32H32N4O8S/c1-6-42-24-15-20(13-14-23(24)44-17-26(37)41-5)28-27(31(40)43-7-2)19(4)33-32-35(28)30(39)25(45-32)16-22-18(3)34-36(29(22)38)21-11-9-8-10-12-21/h8-16,22,28H,6-7,17H2,1-5H3/b25-16-/t22-,28-/m0/s1. The highest BCUT2D eigenvalue weighted by Crippen LogP contribution is 2.36. The molecule has 0 bridgehead atoms. The molecule has 0 fully saturated rings. The lowest BCUT2D eigenvalue weighted by Gasteiger charge is -2.25. The van der Waals surface area contributed by atoms with Crippen LogP contribution in [0.3, 0.4) is 0 Å². The normalized spacial score (nSPS) is 17.9. The first-order valence-electron chi connectivity index (χ1n) is 14.3. The maximum absolute atomic E-state index is 14.1. The number of hydrazone groups is 1. The summed E-state index contributed by atoms with van der Waals surface area (Å²) in [5.41, 5.74) is 1.84. The number of anilines is 1. The largest absolute Gasteiger partial charge is 0.490 e. The lowest BCUT2D eigenvalue weighted by atomic mass is 9.95. The summed E-state index contributed by atoms with van der Waals surface area (Å²) in [6, 6.07) is 13.1. The molecule has 1 amide bonds. The molecule has 12 nitrogen and oxygen atoms in total. The number of allylic oxidation sites excluding steroid dienone is 1. The SMILES string of the molecule is CCOC(=O)C1=C(C)N=c2s/c(=C\[C@@H]3C(=O)N(c4ccccc4)N=C3C)c(=O)n2[C@H]1c1ccc(OCC(=O)OC)c(OCC)c1. The molecule has 0 unspecified atom stereocenters. The molecule has 0 saturated heterocycles. The molecule has 3 aromatic rings. The van der Waals surface area contributed by atoms with Gasteiger partial charge in [0, 0.05) is 0 Å². The number of ether oxygens (including phenoxy) is 4. The van der Waals surface area contributed by atoms with Crippen molar-refractivity contribution in [3.8, 4) is 11.5 Å². The molecule has 13 heteroatoms. The summed E-state index contributed by atoms with van der Waals surface area (Å²) in [4.78, 5) is 57.5. The zero-order chi connectivity index (χ0) is 32.2. The van der Waals surface area contributed by atoms with E-state index in [0.29, 0.717) is 33.2 Å². The lowest BCUT2D eigenvalue weighted by molar-refractivity contribution is -0.143. The predicted octanol–water partition coefficient (Wildman–Crippen LogP) is 2.74. The van der Waals surface area contributed by atoms with Crippen molar-refractivity contribution in [3.05, 3.63) is 85.1 Å². The molecule has 0 N–H and O–H groups in total. The van der Waals surface area contributed by atoms with Crippen molar-refractivity contribution >= 4 is 46.7 Å². The molecule has 2 aromatic carbocycles. The summed E-state index contributed by atoms with van der Waals surface area (Å²) in [5, 5.41) is 5.78. The van der Waals surface area contributed by atoms with Gasteiger partial charge in [-0.25, -0.2) is 14.6 Å². The summed E-state index contributed by atoms with van der Waals surface area (Å²) >= 11 is 1.12. The number of methoxy groups -OCH3 is 1. The number of aromatic nitrogens is 1. The van der Waals surface area contributed by atoms with Gasteiger partial charge in [-0.05, 0) is 63.6 Å². The van der Waals surface area contributed by atoms with Crippen molar-refractivity contribution in [2.75, 3.05) is 31.9 Å². The summed E-state index contributed by atoms with van der Waals surface area (Å²) in [5.74, 6) is -1.63. The summed E-state index contributed by atoms with van der Waals surface area (Å²) in [7, 11) is 1.26. The lowest BCUT2D eigenvalue weighted by Crippen LogP contribution is -2.40. The second-order valence-corrected chi connectivity index (χ2v) is 11.0. The van der Waals surface area contributed by atoms with E-state index in [1.54, 1.807) is 64.1 Å². The van der Waals surface area contributed by atoms with Crippen LogP contribution < -0.4 is 29.4 Å². The zero-order valence-electron chi connectivity index (χ0n) is 25.4. The Morgan fingerprint density at radius 1 is 1.00 bits per heavy atom. The van der Waals surface area contributed by atoms with Gasteiger partial charge in [-0.2, -0.15) is 10.1 Å². The van der Waals surface area contributed by atoms with Gasteiger partial charge in [-0.3, -0.25) is 14.2 Å². The third-order valence-electron chi connectivity index (χ3n) is 7.18. The van der Waals surface area contributed by atoms with Crippen molar-refractivity contribution in [2.24, 2.45) is 16.0 Å². The fourth-order valence-corrected chi connectivity index (χ4v) is 6.13. The Hall–Kier alpha value is -5.04. The Labute approximate surface area is 262 Å². The van der Waals surface area contributed by atoms with Crippen LogP contribution in [0.1, 0.15) is 39.3 Å². The number of benzene rings is 2. The van der Waals surface area contributed by atoms with Crippen molar-refractivity contribution in [3.63, 3.8) is 0 Å². The number of nitrogens with zero attached hydrogens (tertiary/aromatic N) is 4. The van der Waals surface area contributed by atoms with Gasteiger partial charge in [0.15, 0.2) is 22.9 Å². The van der Waals surface area contributed by atoms with Crippen LogP contribution >= 0.6 is 11.3 Å². The molecule has 45 heavy (non-hydrogen) atoms. The third-order valence-corrected chi connectivity index (χ3v) is 8.18. The minimum absolute atomic E-state index is 0.123. The maximum atomic E-state index is 14.1. The number of esters is 2. The first-order valence-corrected chi connectivity index (χ1v) is 15.1. The number of rotatable bonds is 10. The highest BCUT2D eigenvalue weighted by atomic mass is 32.1. The molecule has 0 radical (unpaired) electrons. The van der Waals surface area contributed by atoms with Crippen LogP contribution in [-0.2, 0) is 23.9 Å². The fraction of sp³-hybridized carbons (Fsp3) is 0.312. The van der Waals surface area contributed by atoms with Crippen LogP contribution in [0.25, 0.3) is 6.08 Å². The Morgan fingerprint density at radius 2 is 1.76 bits per heavy atom. The van der Waals surface area contributed by atoms with E-state index in [9.17, 15) is 19.2 Å². The molecule has 234 valence electrons. The number of hydrogen-bond donors (Lipinski definition) is 0. The van der Waals surface area contributed by atoms with Gasteiger partial charge in [0.2, 0.25) is 0 Å². The van der Waals surface area contributed by atoms with Crippen LogP contribution in [0.5, 0.6) is 11.5 Å². The van der Waals surface area contributed by atoms with Crippen molar-refractivity contribution in [1.82, 2.24) is 4.57 Å². The first-order chi connectivity index (χ1) is 21.7. The quantitative estimate of drug-likeness (QED) is 0.311. The maximum Gasteiger partial charge on any atom is 0.343 e. The number of hydrogen-bond acceptors (Lipinski definition) is 11.